The van der Waals surface area contributed by atoms with E-state index in [1.165, 1.54) is 0 Å². The molecule has 1 fully saturated rings. The van der Waals surface area contributed by atoms with Crippen molar-refractivity contribution in [1.82, 2.24) is 10.6 Å². The SMILES string of the molecule is C=CCNC(=O)C1CCC(=O)NC1. The summed E-state index contributed by atoms with van der Waals surface area (Å²) in [4.78, 5) is 22.1. The second-order valence-corrected chi connectivity index (χ2v) is 3.07. The zero-order chi connectivity index (χ0) is 9.68. The standard InChI is InChI=1S/C9H14N2O2/c1-2-5-10-9(13)7-3-4-8(12)11-6-7/h2,7H,1,3-6H2,(H,10,13)(H,11,12). The van der Waals surface area contributed by atoms with Crippen LogP contribution >= 0.6 is 0 Å². The summed E-state index contributed by atoms with van der Waals surface area (Å²) >= 11 is 0. The van der Waals surface area contributed by atoms with Crippen molar-refractivity contribution < 1.29 is 9.59 Å². The third-order valence-electron chi connectivity index (χ3n) is 2.06. The Morgan fingerprint density at radius 2 is 2.54 bits per heavy atom. The summed E-state index contributed by atoms with van der Waals surface area (Å²) in [5.41, 5.74) is 0. The quantitative estimate of drug-likeness (QED) is 0.595. The Labute approximate surface area is 77.4 Å². The lowest BCUT2D eigenvalue weighted by Gasteiger charge is -2.21. The Kier molecular flexibility index (Phi) is 3.49. The van der Waals surface area contributed by atoms with E-state index >= 15 is 0 Å². The lowest BCUT2D eigenvalue weighted by Crippen LogP contribution is -2.42. The molecule has 2 amide bonds. The smallest absolute Gasteiger partial charge is 0.225 e. The topological polar surface area (TPSA) is 58.2 Å². The fourth-order valence-electron chi connectivity index (χ4n) is 1.27. The normalized spacial score (nSPS) is 21.8. The monoisotopic (exact) mass is 182 g/mol. The van der Waals surface area contributed by atoms with E-state index < -0.39 is 0 Å². The number of piperidine rings is 1. The van der Waals surface area contributed by atoms with Crippen LogP contribution in [0.1, 0.15) is 12.8 Å². The van der Waals surface area contributed by atoms with Crippen LogP contribution in [0.2, 0.25) is 0 Å². The molecule has 1 aliphatic rings. The highest BCUT2D eigenvalue weighted by Crippen LogP contribution is 2.10. The average molecular weight is 182 g/mol. The third-order valence-corrected chi connectivity index (χ3v) is 2.06. The number of amides is 2. The molecule has 72 valence electrons. The second-order valence-electron chi connectivity index (χ2n) is 3.07. The third kappa shape index (κ3) is 2.89. The molecule has 1 atom stereocenters. The Balaban J connectivity index is 2.31. The van der Waals surface area contributed by atoms with Gasteiger partial charge in [0.05, 0.1) is 5.92 Å². The van der Waals surface area contributed by atoms with Crippen molar-refractivity contribution in [3.63, 3.8) is 0 Å². The molecule has 0 bridgehead atoms. The highest BCUT2D eigenvalue weighted by atomic mass is 16.2. The van der Waals surface area contributed by atoms with E-state index in [4.69, 9.17) is 0 Å². The van der Waals surface area contributed by atoms with Crippen molar-refractivity contribution in [2.24, 2.45) is 5.92 Å². The van der Waals surface area contributed by atoms with Crippen LogP contribution < -0.4 is 10.6 Å². The first kappa shape index (κ1) is 9.77. The molecule has 1 aliphatic heterocycles. The minimum Gasteiger partial charge on any atom is -0.355 e. The van der Waals surface area contributed by atoms with E-state index in [2.05, 4.69) is 17.2 Å². The van der Waals surface area contributed by atoms with Gasteiger partial charge in [0.25, 0.3) is 0 Å². The van der Waals surface area contributed by atoms with Crippen molar-refractivity contribution in [3.05, 3.63) is 12.7 Å². The molecule has 0 aromatic rings. The van der Waals surface area contributed by atoms with Gasteiger partial charge >= 0.3 is 0 Å². The van der Waals surface area contributed by atoms with Gasteiger partial charge in [0.15, 0.2) is 0 Å². The predicted octanol–water partition coefficient (Wildman–Crippen LogP) is -0.185. The van der Waals surface area contributed by atoms with E-state index in [-0.39, 0.29) is 17.7 Å². The van der Waals surface area contributed by atoms with E-state index in [1.54, 1.807) is 6.08 Å². The zero-order valence-electron chi connectivity index (χ0n) is 7.51. The first-order valence-electron chi connectivity index (χ1n) is 4.39. The van der Waals surface area contributed by atoms with Crippen LogP contribution in [0.3, 0.4) is 0 Å². The molecule has 0 radical (unpaired) electrons. The fraction of sp³-hybridized carbons (Fsp3) is 0.556. The van der Waals surface area contributed by atoms with Gasteiger partial charge in [0.1, 0.15) is 0 Å². The Morgan fingerprint density at radius 1 is 1.77 bits per heavy atom. The maximum Gasteiger partial charge on any atom is 0.225 e. The minimum atomic E-state index is -0.0716. The van der Waals surface area contributed by atoms with Crippen LogP contribution in [0.5, 0.6) is 0 Å². The van der Waals surface area contributed by atoms with Gasteiger partial charge in [-0.05, 0) is 6.42 Å². The van der Waals surface area contributed by atoms with Gasteiger partial charge < -0.3 is 10.6 Å². The molecule has 0 aromatic heterocycles. The van der Waals surface area contributed by atoms with E-state index in [9.17, 15) is 9.59 Å². The van der Waals surface area contributed by atoms with Crippen molar-refractivity contribution >= 4 is 11.8 Å². The van der Waals surface area contributed by atoms with Gasteiger partial charge in [-0.25, -0.2) is 0 Å². The summed E-state index contributed by atoms with van der Waals surface area (Å²) in [5, 5.41) is 5.37. The largest absolute Gasteiger partial charge is 0.355 e. The maximum atomic E-state index is 11.4. The van der Waals surface area contributed by atoms with Crippen LogP contribution in [-0.2, 0) is 9.59 Å². The number of nitrogens with one attached hydrogen (secondary N) is 2. The van der Waals surface area contributed by atoms with Crippen molar-refractivity contribution in [1.29, 1.82) is 0 Å². The highest BCUT2D eigenvalue weighted by Gasteiger charge is 2.23. The number of carbonyl (C=O) groups is 2. The van der Waals surface area contributed by atoms with Gasteiger partial charge in [-0.2, -0.15) is 0 Å². The van der Waals surface area contributed by atoms with Gasteiger partial charge in [-0.15, -0.1) is 6.58 Å². The molecule has 0 aromatic carbocycles. The number of rotatable bonds is 3. The van der Waals surface area contributed by atoms with Crippen LogP contribution in [-0.4, -0.2) is 24.9 Å². The Morgan fingerprint density at radius 3 is 3.08 bits per heavy atom. The van der Waals surface area contributed by atoms with Crippen molar-refractivity contribution in [2.75, 3.05) is 13.1 Å². The summed E-state index contributed by atoms with van der Waals surface area (Å²) in [6.07, 6.45) is 2.74. The molecule has 4 nitrogen and oxygen atoms in total. The molecule has 0 aliphatic carbocycles. The van der Waals surface area contributed by atoms with Crippen LogP contribution in [0, 0.1) is 5.92 Å². The number of hydrogen-bond acceptors (Lipinski definition) is 2. The summed E-state index contributed by atoms with van der Waals surface area (Å²) < 4.78 is 0. The van der Waals surface area contributed by atoms with Gasteiger partial charge in [0.2, 0.25) is 11.8 Å². The van der Waals surface area contributed by atoms with Gasteiger partial charge in [-0.3, -0.25) is 9.59 Å². The molecule has 13 heavy (non-hydrogen) atoms. The summed E-state index contributed by atoms with van der Waals surface area (Å²) in [6.45, 7) is 4.45. The van der Waals surface area contributed by atoms with E-state index in [0.29, 0.717) is 25.9 Å². The number of hydrogen-bond donors (Lipinski definition) is 2. The molecular weight excluding hydrogens is 168 g/mol. The Hall–Kier alpha value is -1.32. The molecule has 0 saturated carbocycles. The van der Waals surface area contributed by atoms with Crippen LogP contribution in [0.4, 0.5) is 0 Å². The van der Waals surface area contributed by atoms with Crippen molar-refractivity contribution in [2.45, 2.75) is 12.8 Å². The van der Waals surface area contributed by atoms with Crippen LogP contribution in [0.15, 0.2) is 12.7 Å². The first-order valence-corrected chi connectivity index (χ1v) is 4.39. The predicted molar refractivity (Wildman–Crippen MR) is 48.9 cm³/mol. The molecular formula is C9H14N2O2. The minimum absolute atomic E-state index is 0.0000926. The number of carbonyl (C=O) groups excluding carboxylic acids is 2. The lowest BCUT2D eigenvalue weighted by atomic mass is 9.98. The van der Waals surface area contributed by atoms with Gasteiger partial charge in [0, 0.05) is 19.5 Å². The highest BCUT2D eigenvalue weighted by molar-refractivity contribution is 5.83. The van der Waals surface area contributed by atoms with Crippen LogP contribution in [0.25, 0.3) is 0 Å². The maximum absolute atomic E-state index is 11.4. The van der Waals surface area contributed by atoms with Gasteiger partial charge in [-0.1, -0.05) is 6.08 Å². The fourth-order valence-corrected chi connectivity index (χ4v) is 1.27. The average Bonchev–Trinajstić information content (AvgIpc) is 2.15. The molecule has 2 N–H and O–H groups in total. The van der Waals surface area contributed by atoms with E-state index in [1.807, 2.05) is 0 Å². The molecule has 1 saturated heterocycles. The molecule has 4 heteroatoms. The Bertz CT molecular complexity index is 216. The lowest BCUT2D eigenvalue weighted by molar-refractivity contribution is -0.128. The molecule has 1 heterocycles. The summed E-state index contributed by atoms with van der Waals surface area (Å²) in [7, 11) is 0. The zero-order valence-corrected chi connectivity index (χ0v) is 7.51. The molecule has 1 rings (SSSR count). The first-order chi connectivity index (χ1) is 6.24. The second kappa shape index (κ2) is 4.64. The summed E-state index contributed by atoms with van der Waals surface area (Å²) in [6, 6.07) is 0. The summed E-state index contributed by atoms with van der Waals surface area (Å²) in [5.74, 6) is -0.0367. The van der Waals surface area contributed by atoms with E-state index in [0.717, 1.165) is 0 Å². The molecule has 0 spiro atoms. The molecule has 1 unspecified atom stereocenters. The van der Waals surface area contributed by atoms with Crippen molar-refractivity contribution in [3.8, 4) is 0 Å².